The zero-order chi connectivity index (χ0) is 16.0. The van der Waals surface area contributed by atoms with Gasteiger partial charge in [-0.3, -0.25) is 9.59 Å². The molecular formula is C15H16O6. The van der Waals surface area contributed by atoms with Crippen LogP contribution in [0.4, 0.5) is 0 Å². The van der Waals surface area contributed by atoms with E-state index in [1.165, 1.54) is 30.3 Å². The molecule has 0 aliphatic rings. The van der Waals surface area contributed by atoms with E-state index in [9.17, 15) is 24.6 Å². The van der Waals surface area contributed by atoms with Gasteiger partial charge in [0.15, 0.2) is 5.41 Å². The fourth-order valence-electron chi connectivity index (χ4n) is 2.06. The van der Waals surface area contributed by atoms with E-state index in [4.69, 9.17) is 5.11 Å². The van der Waals surface area contributed by atoms with Crippen molar-refractivity contribution in [2.75, 3.05) is 0 Å². The highest BCUT2D eigenvalue weighted by molar-refractivity contribution is 5.98. The van der Waals surface area contributed by atoms with Gasteiger partial charge >= 0.3 is 17.9 Å². The number of aliphatic carboxylic acids is 2. The second kappa shape index (κ2) is 6.69. The van der Waals surface area contributed by atoms with E-state index in [1.807, 2.05) is 0 Å². The number of rotatable bonds is 8. The Kier molecular flexibility index (Phi) is 5.24. The van der Waals surface area contributed by atoms with Crippen LogP contribution in [0.1, 0.15) is 28.8 Å². The summed E-state index contributed by atoms with van der Waals surface area (Å²) < 4.78 is 0. The zero-order valence-electron chi connectivity index (χ0n) is 11.3. The third-order valence-corrected chi connectivity index (χ3v) is 3.27. The standard InChI is InChI=1S/C15H16O6/c1-2-3-7-15(13(18)19,14(20)21)9-10-5-4-6-11(8-10)12(16)17/h2,4-6,8H,1,3,7,9H2,(H,16,17)(H,18,19)(H,20,21). The van der Waals surface area contributed by atoms with Crippen LogP contribution >= 0.6 is 0 Å². The summed E-state index contributed by atoms with van der Waals surface area (Å²) >= 11 is 0. The van der Waals surface area contributed by atoms with Crippen LogP contribution < -0.4 is 0 Å². The molecule has 0 radical (unpaired) electrons. The van der Waals surface area contributed by atoms with Crippen molar-refractivity contribution >= 4 is 17.9 Å². The van der Waals surface area contributed by atoms with Crippen molar-refractivity contribution in [2.24, 2.45) is 5.41 Å². The number of hydrogen-bond donors (Lipinski definition) is 3. The molecule has 0 bridgehead atoms. The molecule has 0 amide bonds. The molecule has 3 N–H and O–H groups in total. The zero-order valence-corrected chi connectivity index (χ0v) is 11.3. The van der Waals surface area contributed by atoms with Crippen LogP contribution in [0, 0.1) is 5.41 Å². The fourth-order valence-corrected chi connectivity index (χ4v) is 2.06. The van der Waals surface area contributed by atoms with Crippen LogP contribution in [0.2, 0.25) is 0 Å². The number of aromatic carboxylic acids is 1. The molecule has 0 unspecified atom stereocenters. The molecule has 1 aromatic rings. The summed E-state index contributed by atoms with van der Waals surface area (Å²) in [5.41, 5.74) is -1.66. The molecule has 1 aromatic carbocycles. The molecule has 0 saturated heterocycles. The van der Waals surface area contributed by atoms with E-state index >= 15 is 0 Å². The minimum Gasteiger partial charge on any atom is -0.480 e. The van der Waals surface area contributed by atoms with Gasteiger partial charge in [-0.25, -0.2) is 4.79 Å². The monoisotopic (exact) mass is 292 g/mol. The van der Waals surface area contributed by atoms with E-state index in [0.717, 1.165) is 0 Å². The van der Waals surface area contributed by atoms with Crippen molar-refractivity contribution in [3.63, 3.8) is 0 Å². The lowest BCUT2D eigenvalue weighted by molar-refractivity contribution is -0.165. The van der Waals surface area contributed by atoms with Crippen LogP contribution in [0.25, 0.3) is 0 Å². The maximum absolute atomic E-state index is 11.5. The highest BCUT2D eigenvalue weighted by Crippen LogP contribution is 2.30. The summed E-state index contributed by atoms with van der Waals surface area (Å²) in [6.45, 7) is 3.46. The van der Waals surface area contributed by atoms with E-state index in [0.29, 0.717) is 5.56 Å². The minimum absolute atomic E-state index is 0.0131. The molecular weight excluding hydrogens is 276 g/mol. The van der Waals surface area contributed by atoms with Crippen LogP contribution in [0.3, 0.4) is 0 Å². The quantitative estimate of drug-likeness (QED) is 0.499. The Bertz CT molecular complexity index is 561. The highest BCUT2D eigenvalue weighted by atomic mass is 16.4. The highest BCUT2D eigenvalue weighted by Gasteiger charge is 2.45. The number of hydrogen-bond acceptors (Lipinski definition) is 3. The van der Waals surface area contributed by atoms with Crippen LogP contribution in [0.15, 0.2) is 36.9 Å². The van der Waals surface area contributed by atoms with Crippen molar-refractivity contribution in [3.05, 3.63) is 48.0 Å². The lowest BCUT2D eigenvalue weighted by atomic mass is 9.77. The largest absolute Gasteiger partial charge is 0.480 e. The first-order valence-electron chi connectivity index (χ1n) is 6.23. The molecule has 0 saturated carbocycles. The van der Waals surface area contributed by atoms with Crippen molar-refractivity contribution in [1.29, 1.82) is 0 Å². The summed E-state index contributed by atoms with van der Waals surface area (Å²) in [4.78, 5) is 33.8. The molecule has 0 fully saturated rings. The van der Waals surface area contributed by atoms with Gasteiger partial charge in [0.05, 0.1) is 5.56 Å². The molecule has 1 rings (SSSR count). The van der Waals surface area contributed by atoms with Gasteiger partial charge in [0.25, 0.3) is 0 Å². The van der Waals surface area contributed by atoms with Gasteiger partial charge < -0.3 is 15.3 Å². The summed E-state index contributed by atoms with van der Waals surface area (Å²) in [6.07, 6.45) is 1.29. The van der Waals surface area contributed by atoms with E-state index in [-0.39, 0.29) is 24.8 Å². The van der Waals surface area contributed by atoms with E-state index in [1.54, 1.807) is 0 Å². The Morgan fingerprint density at radius 2 is 1.76 bits per heavy atom. The average molecular weight is 292 g/mol. The SMILES string of the molecule is C=CCCC(Cc1cccc(C(=O)O)c1)(C(=O)O)C(=O)O. The van der Waals surface area contributed by atoms with Gasteiger partial charge in [-0.15, -0.1) is 6.58 Å². The van der Waals surface area contributed by atoms with Gasteiger partial charge in [0, 0.05) is 0 Å². The normalized spacial score (nSPS) is 10.9. The Morgan fingerprint density at radius 1 is 1.14 bits per heavy atom. The smallest absolute Gasteiger partial charge is 0.335 e. The Balaban J connectivity index is 3.19. The van der Waals surface area contributed by atoms with Gasteiger partial charge in [0.2, 0.25) is 0 Å². The van der Waals surface area contributed by atoms with Gasteiger partial charge in [0.1, 0.15) is 0 Å². The first kappa shape index (κ1) is 16.4. The Morgan fingerprint density at radius 3 is 2.24 bits per heavy atom. The first-order valence-corrected chi connectivity index (χ1v) is 6.23. The number of allylic oxidation sites excluding steroid dienone is 1. The molecule has 0 aliphatic carbocycles. The minimum atomic E-state index is -1.99. The molecule has 0 atom stereocenters. The fraction of sp³-hybridized carbons (Fsp3) is 0.267. The molecule has 6 heteroatoms. The van der Waals surface area contributed by atoms with Crippen molar-refractivity contribution in [1.82, 2.24) is 0 Å². The maximum atomic E-state index is 11.5. The summed E-state index contributed by atoms with van der Waals surface area (Å²) in [5, 5.41) is 27.6. The predicted octanol–water partition coefficient (Wildman–Crippen LogP) is 2.05. The number of carbonyl (C=O) groups is 3. The molecule has 112 valence electrons. The second-order valence-corrected chi connectivity index (χ2v) is 4.70. The van der Waals surface area contributed by atoms with Crippen LogP contribution in [-0.4, -0.2) is 33.2 Å². The molecule has 21 heavy (non-hydrogen) atoms. The molecule has 0 heterocycles. The van der Waals surface area contributed by atoms with Gasteiger partial charge in [-0.1, -0.05) is 18.2 Å². The van der Waals surface area contributed by atoms with Crippen molar-refractivity contribution in [3.8, 4) is 0 Å². The average Bonchev–Trinajstić information content (AvgIpc) is 2.43. The third-order valence-electron chi connectivity index (χ3n) is 3.27. The van der Waals surface area contributed by atoms with Gasteiger partial charge in [-0.2, -0.15) is 0 Å². The van der Waals surface area contributed by atoms with Crippen LogP contribution in [-0.2, 0) is 16.0 Å². The number of benzene rings is 1. The summed E-state index contributed by atoms with van der Waals surface area (Å²) in [7, 11) is 0. The van der Waals surface area contributed by atoms with Gasteiger partial charge in [-0.05, 0) is 37.0 Å². The molecule has 0 aromatic heterocycles. The second-order valence-electron chi connectivity index (χ2n) is 4.70. The first-order chi connectivity index (χ1) is 9.83. The lowest BCUT2D eigenvalue weighted by Crippen LogP contribution is -2.41. The number of carboxylic acids is 3. The Hall–Kier alpha value is -2.63. The van der Waals surface area contributed by atoms with E-state index < -0.39 is 23.3 Å². The molecule has 6 nitrogen and oxygen atoms in total. The Labute approximate surface area is 121 Å². The lowest BCUT2D eigenvalue weighted by Gasteiger charge is -2.24. The summed E-state index contributed by atoms with van der Waals surface area (Å²) in [5.74, 6) is -4.05. The molecule has 0 aliphatic heterocycles. The van der Waals surface area contributed by atoms with E-state index in [2.05, 4.69) is 6.58 Å². The predicted molar refractivity (Wildman–Crippen MR) is 74.2 cm³/mol. The van der Waals surface area contributed by atoms with Crippen molar-refractivity contribution in [2.45, 2.75) is 19.3 Å². The topological polar surface area (TPSA) is 112 Å². The summed E-state index contributed by atoms with van der Waals surface area (Å²) in [6, 6.07) is 5.62. The molecule has 0 spiro atoms. The van der Waals surface area contributed by atoms with Crippen molar-refractivity contribution < 1.29 is 29.7 Å². The maximum Gasteiger partial charge on any atom is 0.335 e. The third kappa shape index (κ3) is 3.68. The van der Waals surface area contributed by atoms with Crippen LogP contribution in [0.5, 0.6) is 0 Å². The number of carboxylic acid groups (broad SMARTS) is 3.